The summed E-state index contributed by atoms with van der Waals surface area (Å²) in [5.74, 6) is -0.718. The van der Waals surface area contributed by atoms with Gasteiger partial charge in [0, 0.05) is 11.8 Å². The zero-order valence-corrected chi connectivity index (χ0v) is 14.9. The van der Waals surface area contributed by atoms with E-state index in [1.807, 2.05) is 6.92 Å². The van der Waals surface area contributed by atoms with Gasteiger partial charge in [0.25, 0.3) is 0 Å². The topological polar surface area (TPSA) is 69.7 Å². The first kappa shape index (κ1) is 20.3. The standard InChI is InChI=1S/C17H19F3O5S/c1-2-16(12-24-15(21)13-6-4-3-5-7-13)10-8-14(9-11-16)25-26(22,23)17(18,19)20/h3-8H,2,9-12H2,1H3. The number of hydrogen-bond donors (Lipinski definition) is 0. The summed E-state index contributed by atoms with van der Waals surface area (Å²) >= 11 is 0. The lowest BCUT2D eigenvalue weighted by atomic mass is 9.75. The fraction of sp³-hybridized carbons (Fsp3) is 0.471. The quantitative estimate of drug-likeness (QED) is 0.413. The van der Waals surface area contributed by atoms with Crippen LogP contribution in [0.15, 0.2) is 42.2 Å². The molecule has 0 spiro atoms. The summed E-state index contributed by atoms with van der Waals surface area (Å²) in [6, 6.07) is 8.43. The predicted molar refractivity (Wildman–Crippen MR) is 87.4 cm³/mol. The SMILES string of the molecule is CCC1(COC(=O)c2ccccc2)CC=C(OS(=O)(=O)C(F)(F)F)CC1. The molecule has 0 aliphatic heterocycles. The third-order valence-electron chi connectivity index (χ3n) is 4.43. The van der Waals surface area contributed by atoms with Gasteiger partial charge in [0.15, 0.2) is 0 Å². The molecule has 0 aromatic heterocycles. The number of allylic oxidation sites excluding steroid dienone is 2. The van der Waals surface area contributed by atoms with Crippen LogP contribution in [0.25, 0.3) is 0 Å². The molecule has 0 heterocycles. The van der Waals surface area contributed by atoms with Crippen LogP contribution in [-0.4, -0.2) is 26.5 Å². The Labute approximate surface area is 149 Å². The highest BCUT2D eigenvalue weighted by atomic mass is 32.2. The molecule has 0 bridgehead atoms. The van der Waals surface area contributed by atoms with Gasteiger partial charge in [-0.3, -0.25) is 0 Å². The fourth-order valence-corrected chi connectivity index (χ4v) is 3.14. The van der Waals surface area contributed by atoms with E-state index >= 15 is 0 Å². The van der Waals surface area contributed by atoms with Crippen LogP contribution in [-0.2, 0) is 19.0 Å². The van der Waals surface area contributed by atoms with Gasteiger partial charge in [0.1, 0.15) is 5.76 Å². The highest BCUT2D eigenvalue weighted by Crippen LogP contribution is 2.40. The summed E-state index contributed by atoms with van der Waals surface area (Å²) < 4.78 is 68.8. The number of carbonyl (C=O) groups is 1. The van der Waals surface area contributed by atoms with Gasteiger partial charge in [-0.25, -0.2) is 4.79 Å². The van der Waals surface area contributed by atoms with Gasteiger partial charge >= 0.3 is 21.6 Å². The second-order valence-corrected chi connectivity index (χ2v) is 7.69. The monoisotopic (exact) mass is 392 g/mol. The number of ether oxygens (including phenoxy) is 1. The Morgan fingerprint density at radius 1 is 1.23 bits per heavy atom. The van der Waals surface area contributed by atoms with E-state index in [2.05, 4.69) is 4.18 Å². The van der Waals surface area contributed by atoms with Gasteiger partial charge in [-0.05, 0) is 37.5 Å². The second-order valence-electron chi connectivity index (χ2n) is 6.15. The van der Waals surface area contributed by atoms with Gasteiger partial charge in [-0.2, -0.15) is 21.6 Å². The molecular formula is C17H19F3O5S. The Hall–Kier alpha value is -2.03. The first-order chi connectivity index (χ1) is 12.1. The highest BCUT2D eigenvalue weighted by Gasteiger charge is 2.49. The Kier molecular flexibility index (Phi) is 6.00. The van der Waals surface area contributed by atoms with Gasteiger partial charge in [-0.1, -0.05) is 25.1 Å². The molecule has 5 nitrogen and oxygen atoms in total. The molecular weight excluding hydrogens is 373 g/mol. The van der Waals surface area contributed by atoms with E-state index in [0.29, 0.717) is 18.4 Å². The average Bonchev–Trinajstić information content (AvgIpc) is 2.61. The molecule has 2 rings (SSSR count). The molecule has 1 unspecified atom stereocenters. The molecule has 26 heavy (non-hydrogen) atoms. The lowest BCUT2D eigenvalue weighted by Gasteiger charge is -2.34. The van der Waals surface area contributed by atoms with Crippen molar-refractivity contribution in [2.24, 2.45) is 5.41 Å². The van der Waals surface area contributed by atoms with Crippen LogP contribution in [0.3, 0.4) is 0 Å². The molecule has 9 heteroatoms. The number of halogens is 3. The molecule has 0 fully saturated rings. The third kappa shape index (κ3) is 4.78. The minimum Gasteiger partial charge on any atom is -0.461 e. The molecule has 1 aliphatic carbocycles. The maximum absolute atomic E-state index is 12.4. The molecule has 1 aromatic carbocycles. The smallest absolute Gasteiger partial charge is 0.461 e. The van der Waals surface area contributed by atoms with Crippen molar-refractivity contribution in [2.45, 2.75) is 38.1 Å². The van der Waals surface area contributed by atoms with Crippen molar-refractivity contribution >= 4 is 16.1 Å². The van der Waals surface area contributed by atoms with Crippen molar-refractivity contribution in [2.75, 3.05) is 6.61 Å². The van der Waals surface area contributed by atoms with Crippen LogP contribution >= 0.6 is 0 Å². The summed E-state index contributed by atoms with van der Waals surface area (Å²) in [6.45, 7) is 1.97. The van der Waals surface area contributed by atoms with Gasteiger partial charge in [0.2, 0.25) is 0 Å². The lowest BCUT2D eigenvalue weighted by molar-refractivity contribution is -0.0527. The maximum atomic E-state index is 12.4. The molecule has 0 saturated carbocycles. The number of carbonyl (C=O) groups excluding carboxylic acids is 1. The molecule has 0 N–H and O–H groups in total. The van der Waals surface area contributed by atoms with E-state index < -0.39 is 27.0 Å². The Morgan fingerprint density at radius 2 is 1.88 bits per heavy atom. The lowest BCUT2D eigenvalue weighted by Crippen LogP contribution is -2.31. The van der Waals surface area contributed by atoms with Gasteiger partial charge in [-0.15, -0.1) is 0 Å². The Bertz CT molecular complexity index is 771. The van der Waals surface area contributed by atoms with E-state index in [0.717, 1.165) is 0 Å². The molecule has 0 saturated heterocycles. The molecule has 1 aromatic rings. The number of esters is 1. The van der Waals surface area contributed by atoms with Crippen molar-refractivity contribution in [3.8, 4) is 0 Å². The van der Waals surface area contributed by atoms with Crippen molar-refractivity contribution in [1.29, 1.82) is 0 Å². The number of benzene rings is 1. The van der Waals surface area contributed by atoms with Crippen molar-refractivity contribution in [1.82, 2.24) is 0 Å². The van der Waals surface area contributed by atoms with E-state index in [9.17, 15) is 26.4 Å². The van der Waals surface area contributed by atoms with E-state index in [1.165, 1.54) is 6.08 Å². The molecule has 0 amide bonds. The van der Waals surface area contributed by atoms with E-state index in [4.69, 9.17) is 4.74 Å². The second kappa shape index (κ2) is 7.69. The van der Waals surface area contributed by atoms with E-state index in [1.54, 1.807) is 30.3 Å². The summed E-state index contributed by atoms with van der Waals surface area (Å²) in [6.07, 6.45) is 2.57. The number of rotatable bonds is 6. The zero-order valence-electron chi connectivity index (χ0n) is 14.1. The summed E-state index contributed by atoms with van der Waals surface area (Å²) in [5, 5.41) is 0. The zero-order chi connectivity index (χ0) is 19.4. The van der Waals surface area contributed by atoms with Crippen molar-refractivity contribution in [3.05, 3.63) is 47.7 Å². The highest BCUT2D eigenvalue weighted by molar-refractivity contribution is 7.87. The first-order valence-electron chi connectivity index (χ1n) is 8.00. The summed E-state index contributed by atoms with van der Waals surface area (Å²) in [7, 11) is -5.66. The maximum Gasteiger partial charge on any atom is 0.534 e. The van der Waals surface area contributed by atoms with Crippen LogP contribution < -0.4 is 0 Å². The predicted octanol–water partition coefficient (Wildman–Crippen LogP) is 4.17. The summed E-state index contributed by atoms with van der Waals surface area (Å²) in [5.41, 5.74) is -5.51. The third-order valence-corrected chi connectivity index (χ3v) is 5.43. The van der Waals surface area contributed by atoms with Crippen LogP contribution in [0, 0.1) is 5.41 Å². The first-order valence-corrected chi connectivity index (χ1v) is 9.41. The van der Waals surface area contributed by atoms with Gasteiger partial charge in [0.05, 0.1) is 12.2 Å². The number of hydrogen-bond acceptors (Lipinski definition) is 5. The van der Waals surface area contributed by atoms with Gasteiger partial charge < -0.3 is 8.92 Å². The molecule has 144 valence electrons. The average molecular weight is 392 g/mol. The van der Waals surface area contributed by atoms with Crippen LogP contribution in [0.1, 0.15) is 43.0 Å². The number of alkyl halides is 3. The minimum atomic E-state index is -5.66. The van der Waals surface area contributed by atoms with Crippen LogP contribution in [0.4, 0.5) is 13.2 Å². The van der Waals surface area contributed by atoms with Crippen LogP contribution in [0.5, 0.6) is 0 Å². The van der Waals surface area contributed by atoms with E-state index in [-0.39, 0.29) is 25.2 Å². The largest absolute Gasteiger partial charge is 0.534 e. The normalized spacial score (nSPS) is 21.0. The Morgan fingerprint density at radius 3 is 2.38 bits per heavy atom. The molecule has 1 atom stereocenters. The Balaban J connectivity index is 1.99. The summed E-state index contributed by atoms with van der Waals surface area (Å²) in [4.78, 5) is 12.0. The van der Waals surface area contributed by atoms with Crippen LogP contribution in [0.2, 0.25) is 0 Å². The fourth-order valence-electron chi connectivity index (χ4n) is 2.62. The molecule has 1 aliphatic rings. The van der Waals surface area contributed by atoms with Crippen molar-refractivity contribution < 1.29 is 35.3 Å². The van der Waals surface area contributed by atoms with Crippen molar-refractivity contribution in [3.63, 3.8) is 0 Å². The minimum absolute atomic E-state index is 0.0199. The molecule has 0 radical (unpaired) electrons.